The Hall–Kier alpha value is -5.62. The Kier molecular flexibility index (Phi) is 4.24. The minimum Gasteiger partial charge on any atom is -0.240 e. The minimum atomic E-state index is -1.04. The summed E-state index contributed by atoms with van der Waals surface area (Å²) in [5.41, 5.74) is -1.76. The van der Waals surface area contributed by atoms with Crippen molar-refractivity contribution in [1.82, 2.24) is 19.9 Å². The van der Waals surface area contributed by atoms with Crippen LogP contribution >= 0.6 is 0 Å². The summed E-state index contributed by atoms with van der Waals surface area (Å²) in [6, 6.07) is 7.37. The highest BCUT2D eigenvalue weighted by Crippen LogP contribution is 2.32. The molecule has 0 aliphatic heterocycles. The molecule has 12 heteroatoms. The van der Waals surface area contributed by atoms with E-state index < -0.39 is 45.3 Å². The van der Waals surface area contributed by atoms with Crippen molar-refractivity contribution in [3.05, 3.63) is 81.9 Å². The molecule has 38 heavy (non-hydrogen) atoms. The zero-order valence-electron chi connectivity index (χ0n) is 18.6. The van der Waals surface area contributed by atoms with Crippen LogP contribution in [-0.4, -0.2) is 19.9 Å². The maximum Gasteiger partial charge on any atom is 0.206 e. The van der Waals surface area contributed by atoms with Crippen molar-refractivity contribution in [2.24, 2.45) is 10.1 Å². The quantitative estimate of drug-likeness (QED) is 0.0972. The first-order valence-corrected chi connectivity index (χ1v) is 10.8. The van der Waals surface area contributed by atoms with E-state index in [-0.39, 0.29) is 43.6 Å². The summed E-state index contributed by atoms with van der Waals surface area (Å²) in [6.07, 6.45) is 1.62. The first-order valence-electron chi connectivity index (χ1n) is 10.8. The van der Waals surface area contributed by atoms with Crippen LogP contribution < -0.4 is 10.7 Å². The first-order chi connectivity index (χ1) is 18.4. The van der Waals surface area contributed by atoms with Gasteiger partial charge in [0, 0.05) is 21.5 Å². The molecule has 2 aromatic heterocycles. The van der Waals surface area contributed by atoms with Crippen LogP contribution in [0, 0.1) is 41.3 Å². The van der Waals surface area contributed by atoms with E-state index in [9.17, 15) is 8.78 Å². The lowest BCUT2D eigenvalue weighted by Gasteiger charge is -2.06. The second-order valence-corrected chi connectivity index (χ2v) is 8.35. The third-order valence-electron chi connectivity index (χ3n) is 6.37. The zero-order chi connectivity index (χ0) is 26.3. The molecule has 0 aliphatic carbocycles. The van der Waals surface area contributed by atoms with Crippen molar-refractivity contribution in [1.29, 1.82) is 5.26 Å². The standard InChI is InChI=1S/C26H6F4N8/c1-32-38-20-14-7-10(28)3-5-12(14)19-26(20)37-24-16(30)21-23(15(29)22(24)35-19)36-25-17(33-8-31)13-6-9(27)2-4-11(13)18(25)34-21/h2-7H/b33-17?,38-20+. The van der Waals surface area contributed by atoms with E-state index >= 15 is 8.78 Å². The second-order valence-electron chi connectivity index (χ2n) is 8.35. The molecular formula is C26H6F4N8. The van der Waals surface area contributed by atoms with Crippen LogP contribution in [0.2, 0.25) is 0 Å². The Morgan fingerprint density at radius 1 is 0.632 bits per heavy atom. The summed E-state index contributed by atoms with van der Waals surface area (Å²) in [5, 5.41) is 13.9. The number of benzene rings is 3. The molecule has 7 aromatic rings. The molecule has 5 aromatic carbocycles. The molecule has 0 atom stereocenters. The third kappa shape index (κ3) is 2.71. The molecule has 8 nitrogen and oxygen atoms in total. The molecular weight excluding hydrogens is 500 g/mol. The molecule has 0 bridgehead atoms. The van der Waals surface area contributed by atoms with Gasteiger partial charge in [0.2, 0.25) is 6.19 Å². The lowest BCUT2D eigenvalue weighted by Crippen LogP contribution is -2.05. The minimum absolute atomic E-state index is 0.00914. The predicted molar refractivity (Wildman–Crippen MR) is 128 cm³/mol. The molecule has 0 saturated carbocycles. The highest BCUT2D eigenvalue weighted by molar-refractivity contribution is 6.12. The van der Waals surface area contributed by atoms with Crippen LogP contribution in [0.5, 0.6) is 0 Å². The Labute approximate surface area is 207 Å². The summed E-state index contributed by atoms with van der Waals surface area (Å²) < 4.78 is 59.7. The molecule has 0 aliphatic rings. The lowest BCUT2D eigenvalue weighted by atomic mass is 10.2. The van der Waals surface area contributed by atoms with Gasteiger partial charge in [-0.05, 0) is 36.4 Å². The Bertz CT molecular complexity index is 2260. The van der Waals surface area contributed by atoms with E-state index in [1.54, 1.807) is 6.19 Å². The van der Waals surface area contributed by atoms with E-state index in [0.29, 0.717) is 10.8 Å². The van der Waals surface area contributed by atoms with Crippen LogP contribution in [0.25, 0.3) is 70.6 Å². The summed E-state index contributed by atoms with van der Waals surface area (Å²) >= 11 is 0. The van der Waals surface area contributed by atoms with Gasteiger partial charge in [0.25, 0.3) is 0 Å². The van der Waals surface area contributed by atoms with Crippen LogP contribution in [0.4, 0.5) is 17.6 Å². The highest BCUT2D eigenvalue weighted by atomic mass is 19.1. The molecule has 2 heterocycles. The average Bonchev–Trinajstić information content (AvgIpc) is 3.37. The normalized spacial score (nSPS) is 13.0. The Morgan fingerprint density at radius 2 is 1.08 bits per heavy atom. The first kappa shape index (κ1) is 21.6. The van der Waals surface area contributed by atoms with Crippen LogP contribution in [0.15, 0.2) is 46.5 Å². The zero-order valence-corrected chi connectivity index (χ0v) is 18.6. The molecule has 178 valence electrons. The number of halogens is 4. The summed E-state index contributed by atoms with van der Waals surface area (Å²) in [6.45, 7) is 7.13. The van der Waals surface area contributed by atoms with Crippen LogP contribution in [-0.2, 0) is 0 Å². The van der Waals surface area contributed by atoms with Gasteiger partial charge in [0.15, 0.2) is 17.0 Å². The fraction of sp³-hybridized carbons (Fsp3) is 0. The van der Waals surface area contributed by atoms with Gasteiger partial charge in [-0.2, -0.15) is 16.8 Å². The second kappa shape index (κ2) is 7.44. The van der Waals surface area contributed by atoms with Gasteiger partial charge in [-0.3, -0.25) is 0 Å². The van der Waals surface area contributed by atoms with E-state index in [1.807, 2.05) is 0 Å². The molecule has 0 fully saturated rings. The van der Waals surface area contributed by atoms with Gasteiger partial charge in [-0.1, -0.05) is 0 Å². The number of fused-ring (bicyclic) bond motifs is 8. The van der Waals surface area contributed by atoms with E-state index in [2.05, 4.69) is 35.0 Å². The maximum absolute atomic E-state index is 15.9. The number of rotatable bonds is 0. The summed E-state index contributed by atoms with van der Waals surface area (Å²) in [7, 11) is 0. The maximum atomic E-state index is 15.9. The van der Waals surface area contributed by atoms with Crippen molar-refractivity contribution in [2.75, 3.05) is 0 Å². The third-order valence-corrected chi connectivity index (χ3v) is 6.37. The van der Waals surface area contributed by atoms with Crippen molar-refractivity contribution < 1.29 is 17.6 Å². The molecule has 0 radical (unpaired) electrons. The summed E-state index contributed by atoms with van der Waals surface area (Å²) in [4.78, 5) is 23.8. The molecule has 7 rings (SSSR count). The molecule has 0 saturated heterocycles. The van der Waals surface area contributed by atoms with Gasteiger partial charge in [0.1, 0.15) is 50.1 Å². The van der Waals surface area contributed by atoms with Crippen LogP contribution in [0.1, 0.15) is 0 Å². The summed E-state index contributed by atoms with van der Waals surface area (Å²) in [5.74, 6) is -3.28. The van der Waals surface area contributed by atoms with Gasteiger partial charge >= 0.3 is 0 Å². The molecule has 0 unspecified atom stereocenters. The number of nitrogens with zero attached hydrogens (tertiary/aromatic N) is 8. The van der Waals surface area contributed by atoms with Gasteiger partial charge in [-0.25, -0.2) is 37.5 Å². The van der Waals surface area contributed by atoms with Crippen molar-refractivity contribution in [2.45, 2.75) is 0 Å². The number of hydrogen-bond acceptors (Lipinski definition) is 7. The van der Waals surface area contributed by atoms with E-state index in [1.165, 1.54) is 12.1 Å². The fourth-order valence-electron chi connectivity index (χ4n) is 4.82. The van der Waals surface area contributed by atoms with Crippen molar-refractivity contribution in [3.8, 4) is 6.19 Å². The molecule has 0 spiro atoms. The predicted octanol–water partition coefficient (Wildman–Crippen LogP) is 4.73. The largest absolute Gasteiger partial charge is 0.240 e. The van der Waals surface area contributed by atoms with Crippen molar-refractivity contribution >= 4 is 65.7 Å². The highest BCUT2D eigenvalue weighted by Gasteiger charge is 2.25. The monoisotopic (exact) mass is 506 g/mol. The fourth-order valence-corrected chi connectivity index (χ4v) is 4.82. The number of aromatic nitrogens is 4. The molecule has 0 amide bonds. The number of hydrogen-bond donors (Lipinski definition) is 0. The lowest BCUT2D eigenvalue weighted by molar-refractivity contribution is 0.626. The smallest absolute Gasteiger partial charge is 0.206 e. The van der Waals surface area contributed by atoms with E-state index in [4.69, 9.17) is 11.8 Å². The topological polar surface area (TPSA) is 104 Å². The molecule has 0 N–H and O–H groups in total. The van der Waals surface area contributed by atoms with E-state index in [0.717, 1.165) is 24.3 Å². The van der Waals surface area contributed by atoms with Crippen molar-refractivity contribution in [3.63, 3.8) is 0 Å². The Balaban J connectivity index is 1.71. The van der Waals surface area contributed by atoms with Crippen LogP contribution in [0.3, 0.4) is 0 Å². The Morgan fingerprint density at radius 3 is 1.55 bits per heavy atom. The van der Waals surface area contributed by atoms with Gasteiger partial charge < -0.3 is 0 Å². The van der Waals surface area contributed by atoms with Gasteiger partial charge in [-0.15, -0.1) is 4.95 Å². The van der Waals surface area contributed by atoms with Gasteiger partial charge in [0.05, 0.1) is 16.1 Å². The number of nitriles is 1. The SMILES string of the molecule is [C-]#[N+]/N=c1\c2cc(F)ccc2c2nc3c(F)c4nc5c(=NC#N)c6cc(F)ccc6c5nc4c(F)c3nc12. The average molecular weight is 506 g/mol.